The maximum atomic E-state index is 4.61. The summed E-state index contributed by atoms with van der Waals surface area (Å²) < 4.78 is 0. The lowest BCUT2D eigenvalue weighted by molar-refractivity contribution is 1.24. The minimum absolute atomic E-state index is 1.01. The van der Waals surface area contributed by atoms with Gasteiger partial charge in [0.15, 0.2) is 0 Å². The number of aromatic nitrogens is 2. The molecule has 0 aliphatic heterocycles. The average molecular weight is 222 g/mol. The predicted molar refractivity (Wildman–Crippen MR) is 71.3 cm³/mol. The van der Waals surface area contributed by atoms with E-state index >= 15 is 0 Å². The van der Waals surface area contributed by atoms with Crippen LogP contribution < -0.4 is 0 Å². The van der Waals surface area contributed by atoms with Gasteiger partial charge in [0.2, 0.25) is 0 Å². The highest BCUT2D eigenvalue weighted by molar-refractivity contribution is 6.03. The van der Waals surface area contributed by atoms with E-state index in [1.807, 2.05) is 19.2 Å². The molecule has 3 aromatic rings. The van der Waals surface area contributed by atoms with Crippen LogP contribution in [-0.4, -0.2) is 9.97 Å². The van der Waals surface area contributed by atoms with Gasteiger partial charge in [0.1, 0.15) is 0 Å². The number of rotatable bonds is 0. The van der Waals surface area contributed by atoms with Gasteiger partial charge in [0.05, 0.1) is 11.0 Å². The molecule has 0 saturated heterocycles. The van der Waals surface area contributed by atoms with E-state index in [0.29, 0.717) is 0 Å². The van der Waals surface area contributed by atoms with Gasteiger partial charge in [-0.3, -0.25) is 9.97 Å². The molecule has 3 rings (SSSR count). The quantitative estimate of drug-likeness (QED) is 0.542. The summed E-state index contributed by atoms with van der Waals surface area (Å²) in [6.45, 7) is 6.25. The average Bonchev–Trinajstić information content (AvgIpc) is 2.33. The van der Waals surface area contributed by atoms with Crippen molar-refractivity contribution >= 4 is 21.8 Å². The topological polar surface area (TPSA) is 25.8 Å². The van der Waals surface area contributed by atoms with Crippen LogP contribution in [-0.2, 0) is 0 Å². The van der Waals surface area contributed by atoms with E-state index in [0.717, 1.165) is 22.1 Å². The summed E-state index contributed by atoms with van der Waals surface area (Å²) in [7, 11) is 0. The zero-order valence-electron chi connectivity index (χ0n) is 10.3. The lowest BCUT2D eigenvalue weighted by Crippen LogP contribution is -1.91. The minimum Gasteiger partial charge on any atom is -0.254 e. The molecule has 17 heavy (non-hydrogen) atoms. The molecular weight excluding hydrogens is 208 g/mol. The fourth-order valence-corrected chi connectivity index (χ4v) is 2.18. The molecule has 84 valence electrons. The number of fused-ring (bicyclic) bond motifs is 3. The summed E-state index contributed by atoms with van der Waals surface area (Å²) in [6.07, 6.45) is 1.93. The van der Waals surface area contributed by atoms with Crippen LogP contribution in [0.3, 0.4) is 0 Å². The van der Waals surface area contributed by atoms with Crippen molar-refractivity contribution in [2.24, 2.45) is 0 Å². The predicted octanol–water partition coefficient (Wildman–Crippen LogP) is 3.71. The molecule has 2 heteroatoms. The second-order valence-electron chi connectivity index (χ2n) is 4.55. The first-order valence-corrected chi connectivity index (χ1v) is 5.79. The van der Waals surface area contributed by atoms with Crippen molar-refractivity contribution in [2.45, 2.75) is 20.8 Å². The third-order valence-corrected chi connectivity index (χ3v) is 3.36. The fourth-order valence-electron chi connectivity index (χ4n) is 2.18. The van der Waals surface area contributed by atoms with E-state index < -0.39 is 0 Å². The van der Waals surface area contributed by atoms with Gasteiger partial charge < -0.3 is 0 Å². The van der Waals surface area contributed by atoms with E-state index in [4.69, 9.17) is 0 Å². The van der Waals surface area contributed by atoms with Gasteiger partial charge in [-0.15, -0.1) is 0 Å². The third kappa shape index (κ3) is 1.48. The Balaban J connectivity index is 2.56. The highest BCUT2D eigenvalue weighted by atomic mass is 14.7. The van der Waals surface area contributed by atoms with Gasteiger partial charge in [-0.05, 0) is 38.0 Å². The summed E-state index contributed by atoms with van der Waals surface area (Å²) in [5, 5.41) is 2.36. The fraction of sp³-hybridized carbons (Fsp3) is 0.200. The van der Waals surface area contributed by atoms with Crippen LogP contribution in [0.25, 0.3) is 21.8 Å². The molecule has 0 amide bonds. The summed E-state index contributed by atoms with van der Waals surface area (Å²) in [5.74, 6) is 0. The van der Waals surface area contributed by atoms with E-state index in [-0.39, 0.29) is 0 Å². The smallest absolute Gasteiger partial charge is 0.0967 e. The Kier molecular flexibility index (Phi) is 2.11. The van der Waals surface area contributed by atoms with Gasteiger partial charge in [0, 0.05) is 22.7 Å². The monoisotopic (exact) mass is 222 g/mol. The molecule has 0 bridgehead atoms. The molecule has 2 nitrogen and oxygen atoms in total. The van der Waals surface area contributed by atoms with E-state index in [1.54, 1.807) is 0 Å². The number of nitrogens with zero attached hydrogens (tertiary/aromatic N) is 2. The van der Waals surface area contributed by atoms with Crippen molar-refractivity contribution in [3.63, 3.8) is 0 Å². The molecule has 2 aromatic heterocycles. The van der Waals surface area contributed by atoms with E-state index in [1.165, 1.54) is 16.5 Å². The largest absolute Gasteiger partial charge is 0.254 e. The first-order valence-electron chi connectivity index (χ1n) is 5.79. The van der Waals surface area contributed by atoms with Crippen LogP contribution in [0.4, 0.5) is 0 Å². The molecule has 0 aliphatic carbocycles. The van der Waals surface area contributed by atoms with Crippen molar-refractivity contribution in [2.75, 3.05) is 0 Å². The molecule has 2 heterocycles. The standard InChI is InChI=1S/C15H14N2/c1-9-8-16-15-13(11(9)3)7-6-12-5-4-10(2)17-14(12)15/h4-8H,1-3H3. The molecule has 0 radical (unpaired) electrons. The van der Waals surface area contributed by atoms with Gasteiger partial charge in [-0.2, -0.15) is 0 Å². The lowest BCUT2D eigenvalue weighted by Gasteiger charge is -2.07. The highest BCUT2D eigenvalue weighted by Gasteiger charge is 2.06. The van der Waals surface area contributed by atoms with Crippen LogP contribution in [0.1, 0.15) is 16.8 Å². The minimum atomic E-state index is 1.01. The molecule has 0 N–H and O–H groups in total. The Labute approximate surface area is 100 Å². The molecule has 1 aromatic carbocycles. The first-order chi connectivity index (χ1) is 8.16. The number of aryl methyl sites for hydroxylation is 3. The molecule has 0 fully saturated rings. The van der Waals surface area contributed by atoms with Gasteiger partial charge in [0.25, 0.3) is 0 Å². The normalized spacial score (nSPS) is 11.2. The van der Waals surface area contributed by atoms with Crippen LogP contribution in [0.2, 0.25) is 0 Å². The zero-order chi connectivity index (χ0) is 12.0. The maximum absolute atomic E-state index is 4.61. The molecule has 0 aliphatic rings. The Morgan fingerprint density at radius 1 is 0.882 bits per heavy atom. The van der Waals surface area contributed by atoms with Crippen molar-refractivity contribution < 1.29 is 0 Å². The second-order valence-corrected chi connectivity index (χ2v) is 4.55. The van der Waals surface area contributed by atoms with Crippen molar-refractivity contribution in [1.29, 1.82) is 0 Å². The van der Waals surface area contributed by atoms with Crippen LogP contribution in [0.5, 0.6) is 0 Å². The Bertz CT molecular complexity index is 730. The summed E-state index contributed by atoms with van der Waals surface area (Å²) in [6, 6.07) is 8.41. The van der Waals surface area contributed by atoms with E-state index in [9.17, 15) is 0 Å². The number of benzene rings is 1. The molecule has 0 saturated carbocycles. The van der Waals surface area contributed by atoms with Crippen molar-refractivity contribution in [1.82, 2.24) is 9.97 Å². The van der Waals surface area contributed by atoms with Gasteiger partial charge in [-0.25, -0.2) is 0 Å². The number of pyridine rings is 2. The lowest BCUT2D eigenvalue weighted by atomic mass is 10.0. The first kappa shape index (κ1) is 10.2. The van der Waals surface area contributed by atoms with Crippen LogP contribution >= 0.6 is 0 Å². The summed E-state index contributed by atoms with van der Waals surface area (Å²) in [4.78, 5) is 9.16. The maximum Gasteiger partial charge on any atom is 0.0967 e. The Hall–Kier alpha value is -1.96. The molecule has 0 spiro atoms. The molecule has 0 unspecified atom stereocenters. The zero-order valence-corrected chi connectivity index (χ0v) is 10.3. The van der Waals surface area contributed by atoms with E-state index in [2.05, 4.69) is 42.0 Å². The van der Waals surface area contributed by atoms with Crippen LogP contribution in [0.15, 0.2) is 30.5 Å². The SMILES string of the molecule is Cc1ccc2ccc3c(C)c(C)cnc3c2n1. The highest BCUT2D eigenvalue weighted by Crippen LogP contribution is 2.25. The third-order valence-electron chi connectivity index (χ3n) is 3.36. The summed E-state index contributed by atoms with van der Waals surface area (Å²) >= 11 is 0. The Morgan fingerprint density at radius 2 is 1.65 bits per heavy atom. The van der Waals surface area contributed by atoms with Crippen LogP contribution in [0, 0.1) is 20.8 Å². The van der Waals surface area contributed by atoms with Crippen molar-refractivity contribution in [3.05, 3.63) is 47.3 Å². The molecular formula is C15H14N2. The second kappa shape index (κ2) is 3.52. The van der Waals surface area contributed by atoms with Crippen molar-refractivity contribution in [3.8, 4) is 0 Å². The molecule has 0 atom stereocenters. The summed E-state index contributed by atoms with van der Waals surface area (Å²) in [5.41, 5.74) is 5.56. The number of hydrogen-bond acceptors (Lipinski definition) is 2. The Morgan fingerprint density at radius 3 is 2.47 bits per heavy atom. The van der Waals surface area contributed by atoms with Gasteiger partial charge >= 0.3 is 0 Å². The van der Waals surface area contributed by atoms with Gasteiger partial charge in [-0.1, -0.05) is 18.2 Å². The number of hydrogen-bond donors (Lipinski definition) is 0.